The predicted molar refractivity (Wildman–Crippen MR) is 117 cm³/mol. The quantitative estimate of drug-likeness (QED) is 0.299. The van der Waals surface area contributed by atoms with Gasteiger partial charge in [-0.05, 0) is 70.1 Å². The minimum atomic E-state index is -1.37. The van der Waals surface area contributed by atoms with Gasteiger partial charge in [0.2, 0.25) is 13.6 Å². The van der Waals surface area contributed by atoms with Crippen LogP contribution >= 0.6 is 0 Å². The van der Waals surface area contributed by atoms with E-state index in [1.54, 1.807) is 0 Å². The Balaban J connectivity index is 1.14. The van der Waals surface area contributed by atoms with Crippen molar-refractivity contribution >= 4 is 24.2 Å². The van der Waals surface area contributed by atoms with Crippen LogP contribution in [0, 0.1) is 17.8 Å². The fourth-order valence-electron chi connectivity index (χ4n) is 5.77. The lowest BCUT2D eigenvalue weighted by atomic mass is 9.91. The molecule has 0 spiro atoms. The van der Waals surface area contributed by atoms with Gasteiger partial charge in [-0.3, -0.25) is 4.79 Å². The van der Waals surface area contributed by atoms with E-state index in [0.29, 0.717) is 12.8 Å². The van der Waals surface area contributed by atoms with Crippen molar-refractivity contribution in [1.29, 1.82) is 0 Å². The van der Waals surface area contributed by atoms with Crippen molar-refractivity contribution in [3.05, 3.63) is 0 Å². The third-order valence-electron chi connectivity index (χ3n) is 7.68. The third-order valence-corrected chi connectivity index (χ3v) is 7.68. The summed E-state index contributed by atoms with van der Waals surface area (Å²) in [5.74, 6) is -2.44. The van der Waals surface area contributed by atoms with Gasteiger partial charge in [0, 0.05) is 5.92 Å². The minimum absolute atomic E-state index is 0.105. The summed E-state index contributed by atoms with van der Waals surface area (Å²) >= 11 is 0. The van der Waals surface area contributed by atoms with Crippen molar-refractivity contribution in [1.82, 2.24) is 0 Å². The summed E-state index contributed by atoms with van der Waals surface area (Å²) in [7, 11) is 0. The first-order chi connectivity index (χ1) is 16.9. The molecule has 35 heavy (non-hydrogen) atoms. The van der Waals surface area contributed by atoms with Crippen LogP contribution in [0.2, 0.25) is 0 Å². The molecule has 0 aromatic carbocycles. The SMILES string of the molecule is N[C@@]1(C(=O)OCOC(=O)OC2CCCCC2)CC[C@H]2[C@H](C(=O)OCOC(=O)OC3CCCCC3)[C@H]21. The number of carbonyl (C=O) groups is 4. The summed E-state index contributed by atoms with van der Waals surface area (Å²) < 4.78 is 30.3. The zero-order chi connectivity index (χ0) is 24.8. The summed E-state index contributed by atoms with van der Waals surface area (Å²) in [6, 6.07) is 0. The van der Waals surface area contributed by atoms with Crippen LogP contribution in [-0.4, -0.2) is 55.6 Å². The average Bonchev–Trinajstić information content (AvgIpc) is 3.49. The standard InChI is InChI=1S/C24H35NO10/c25-24(21(27)31-14-33-23(29)35-16-9-5-2-6-10-16)12-11-17-18(19(17)24)20(26)30-13-32-22(28)34-15-7-3-1-4-8-15/h15-19H,1-14,25H2/t17-,18-,19-,24-/m0/s1. The zero-order valence-corrected chi connectivity index (χ0v) is 19.9. The van der Waals surface area contributed by atoms with Gasteiger partial charge in [-0.15, -0.1) is 0 Å². The van der Waals surface area contributed by atoms with Crippen LogP contribution in [0.1, 0.15) is 77.0 Å². The first kappa shape index (κ1) is 25.5. The van der Waals surface area contributed by atoms with E-state index in [4.69, 9.17) is 34.2 Å². The van der Waals surface area contributed by atoms with Crippen molar-refractivity contribution in [3.63, 3.8) is 0 Å². The van der Waals surface area contributed by atoms with Crippen molar-refractivity contribution in [2.45, 2.75) is 94.8 Å². The van der Waals surface area contributed by atoms with Crippen LogP contribution in [0.25, 0.3) is 0 Å². The van der Waals surface area contributed by atoms with E-state index < -0.39 is 55.2 Å². The number of ether oxygens (including phenoxy) is 6. The average molecular weight is 498 g/mol. The monoisotopic (exact) mass is 497 g/mol. The van der Waals surface area contributed by atoms with Gasteiger partial charge in [-0.25, -0.2) is 14.4 Å². The molecular formula is C24H35NO10. The van der Waals surface area contributed by atoms with Crippen molar-refractivity contribution in [3.8, 4) is 0 Å². The lowest BCUT2D eigenvalue weighted by Crippen LogP contribution is -2.51. The van der Waals surface area contributed by atoms with Crippen molar-refractivity contribution < 1.29 is 47.6 Å². The van der Waals surface area contributed by atoms with Crippen LogP contribution in [0.5, 0.6) is 0 Å². The maximum absolute atomic E-state index is 12.6. The van der Waals surface area contributed by atoms with E-state index in [2.05, 4.69) is 0 Å². The molecule has 4 aliphatic carbocycles. The van der Waals surface area contributed by atoms with Gasteiger partial charge < -0.3 is 34.2 Å². The second-order valence-corrected chi connectivity index (χ2v) is 9.97. The third kappa shape index (κ3) is 6.36. The Labute approximate surface area is 204 Å². The number of hydrogen-bond donors (Lipinski definition) is 1. The van der Waals surface area contributed by atoms with Crippen molar-refractivity contribution in [2.75, 3.05) is 13.6 Å². The van der Waals surface area contributed by atoms with Crippen molar-refractivity contribution in [2.24, 2.45) is 23.5 Å². The first-order valence-electron chi connectivity index (χ1n) is 12.7. The molecular weight excluding hydrogens is 462 g/mol. The molecule has 0 heterocycles. The molecule has 4 rings (SSSR count). The molecule has 4 fully saturated rings. The first-order valence-corrected chi connectivity index (χ1v) is 12.7. The van der Waals surface area contributed by atoms with Crippen LogP contribution in [0.4, 0.5) is 9.59 Å². The topological polar surface area (TPSA) is 150 Å². The Kier molecular flexibility index (Phi) is 8.35. The number of carbonyl (C=O) groups excluding carboxylic acids is 4. The normalized spacial score (nSPS) is 30.5. The van der Waals surface area contributed by atoms with Gasteiger partial charge in [0.1, 0.15) is 17.7 Å². The Morgan fingerprint density at radius 2 is 1.20 bits per heavy atom. The molecule has 0 unspecified atom stereocenters. The molecule has 0 radical (unpaired) electrons. The summed E-state index contributed by atoms with van der Waals surface area (Å²) in [6.45, 7) is -1.16. The minimum Gasteiger partial charge on any atom is -0.431 e. The van der Waals surface area contributed by atoms with E-state index in [0.717, 1.165) is 64.2 Å². The van der Waals surface area contributed by atoms with E-state index in [1.807, 2.05) is 0 Å². The van der Waals surface area contributed by atoms with E-state index >= 15 is 0 Å². The second-order valence-electron chi connectivity index (χ2n) is 9.97. The molecule has 4 saturated carbocycles. The fraction of sp³-hybridized carbons (Fsp3) is 0.833. The molecule has 0 saturated heterocycles. The van der Waals surface area contributed by atoms with Gasteiger partial charge in [-0.2, -0.15) is 0 Å². The molecule has 11 heteroatoms. The molecule has 0 aromatic rings. The number of rotatable bonds is 8. The highest BCUT2D eigenvalue weighted by atomic mass is 16.8. The molecule has 2 N–H and O–H groups in total. The Bertz CT molecular complexity index is 791. The smallest absolute Gasteiger partial charge is 0.431 e. The second kappa shape index (κ2) is 11.5. The number of esters is 2. The molecule has 0 aromatic heterocycles. The van der Waals surface area contributed by atoms with Gasteiger partial charge >= 0.3 is 24.2 Å². The number of hydrogen-bond acceptors (Lipinski definition) is 11. The fourth-order valence-corrected chi connectivity index (χ4v) is 5.77. The summed E-state index contributed by atoms with van der Waals surface area (Å²) in [5, 5.41) is 0. The molecule has 11 nitrogen and oxygen atoms in total. The molecule has 4 aliphatic rings. The molecule has 0 bridgehead atoms. The lowest BCUT2D eigenvalue weighted by molar-refractivity contribution is -0.162. The predicted octanol–water partition coefficient (Wildman–Crippen LogP) is 3.31. The highest BCUT2D eigenvalue weighted by Gasteiger charge is 2.70. The van der Waals surface area contributed by atoms with E-state index in [1.165, 1.54) is 0 Å². The summed E-state index contributed by atoms with van der Waals surface area (Å²) in [6.07, 6.45) is 8.35. The summed E-state index contributed by atoms with van der Waals surface area (Å²) in [5.41, 5.74) is 4.93. The van der Waals surface area contributed by atoms with Gasteiger partial charge in [0.05, 0.1) is 5.92 Å². The van der Waals surface area contributed by atoms with Gasteiger partial charge in [-0.1, -0.05) is 12.8 Å². The zero-order valence-electron chi connectivity index (χ0n) is 19.9. The molecule has 0 aliphatic heterocycles. The Hall–Kier alpha value is -2.56. The Morgan fingerprint density at radius 1 is 0.686 bits per heavy atom. The van der Waals surface area contributed by atoms with Crippen LogP contribution in [0.15, 0.2) is 0 Å². The lowest BCUT2D eigenvalue weighted by Gasteiger charge is -2.25. The maximum atomic E-state index is 12.6. The molecule has 196 valence electrons. The number of fused-ring (bicyclic) bond motifs is 1. The Morgan fingerprint density at radius 3 is 1.74 bits per heavy atom. The highest BCUT2D eigenvalue weighted by molar-refractivity contribution is 5.87. The largest absolute Gasteiger partial charge is 0.511 e. The van der Waals surface area contributed by atoms with Gasteiger partial charge in [0.15, 0.2) is 0 Å². The molecule has 4 atom stereocenters. The maximum Gasteiger partial charge on any atom is 0.511 e. The number of nitrogens with two attached hydrogens (primary N) is 1. The highest BCUT2D eigenvalue weighted by Crippen LogP contribution is 2.62. The van der Waals surface area contributed by atoms with Gasteiger partial charge in [0.25, 0.3) is 0 Å². The van der Waals surface area contributed by atoms with Crippen LogP contribution in [0.3, 0.4) is 0 Å². The van der Waals surface area contributed by atoms with Crippen LogP contribution < -0.4 is 5.73 Å². The van der Waals surface area contributed by atoms with E-state index in [9.17, 15) is 19.2 Å². The molecule has 0 amide bonds. The summed E-state index contributed by atoms with van der Waals surface area (Å²) in [4.78, 5) is 48.6. The van der Waals surface area contributed by atoms with E-state index in [-0.39, 0.29) is 18.1 Å². The van der Waals surface area contributed by atoms with Crippen LogP contribution in [-0.2, 0) is 38.0 Å².